The summed E-state index contributed by atoms with van der Waals surface area (Å²) in [5.41, 5.74) is 6.79. The van der Waals surface area contributed by atoms with Crippen LogP contribution in [-0.4, -0.2) is 48.5 Å². The molecule has 0 radical (unpaired) electrons. The first-order valence-corrected chi connectivity index (χ1v) is 12.9. The zero-order chi connectivity index (χ0) is 25.0. The van der Waals surface area contributed by atoms with Crippen LogP contribution in [0.25, 0.3) is 10.8 Å². The van der Waals surface area contributed by atoms with Crippen LogP contribution >= 0.6 is 0 Å². The van der Waals surface area contributed by atoms with Gasteiger partial charge in [-0.1, -0.05) is 60.6 Å². The number of hydrogen-bond acceptors (Lipinski definition) is 5. The maximum Gasteiger partial charge on any atom is 0.335 e. The van der Waals surface area contributed by atoms with E-state index in [-0.39, 0.29) is 17.3 Å². The number of urea groups is 1. The highest BCUT2D eigenvalue weighted by Gasteiger charge is 2.29. The number of benzene rings is 3. The molecular formula is C25H29N5O4S. The molecule has 35 heavy (non-hydrogen) atoms. The number of sulfonamides is 1. The van der Waals surface area contributed by atoms with E-state index < -0.39 is 16.1 Å². The second-order valence-electron chi connectivity index (χ2n) is 8.83. The third kappa shape index (κ3) is 5.72. The van der Waals surface area contributed by atoms with Crippen LogP contribution in [0.5, 0.6) is 0 Å². The zero-order valence-corrected chi connectivity index (χ0v) is 20.3. The smallest absolute Gasteiger partial charge is 0.335 e. The van der Waals surface area contributed by atoms with Gasteiger partial charge in [-0.25, -0.2) is 18.2 Å². The van der Waals surface area contributed by atoms with Gasteiger partial charge in [0.05, 0.1) is 11.4 Å². The minimum atomic E-state index is -4.06. The van der Waals surface area contributed by atoms with Crippen LogP contribution in [0.3, 0.4) is 0 Å². The number of rotatable bonds is 6. The highest BCUT2D eigenvalue weighted by Crippen LogP contribution is 2.21. The standard InChI is InChI=1S/C25H29N5O4S/c1-18-11-13-29(14-12-18)25(31)30(17-19-5-4-8-22(15-19)24(26)27-32)28-35(33,34)23-10-9-20-6-2-3-7-21(20)16-23/h2-10,15-16,18,28,32H,11-14,17H2,1H3,(H2,26,27). The summed E-state index contributed by atoms with van der Waals surface area (Å²) in [7, 11) is -4.06. The van der Waals surface area contributed by atoms with Crippen molar-refractivity contribution in [3.63, 3.8) is 0 Å². The SMILES string of the molecule is CC1CCN(C(=O)N(Cc2cccc(C(N)=NO)c2)NS(=O)(=O)c2ccc3ccccc3c2)CC1. The average molecular weight is 496 g/mol. The number of carbonyl (C=O) groups is 1. The van der Waals surface area contributed by atoms with Gasteiger partial charge in [-0.15, -0.1) is 4.83 Å². The second kappa shape index (κ2) is 10.3. The fourth-order valence-electron chi connectivity index (χ4n) is 4.11. The summed E-state index contributed by atoms with van der Waals surface area (Å²) < 4.78 is 26.7. The van der Waals surface area contributed by atoms with Crippen molar-refractivity contribution < 1.29 is 18.4 Å². The Morgan fingerprint density at radius 2 is 1.80 bits per heavy atom. The van der Waals surface area contributed by atoms with E-state index in [1.807, 2.05) is 24.3 Å². The molecule has 9 nitrogen and oxygen atoms in total. The van der Waals surface area contributed by atoms with Crippen LogP contribution in [0.4, 0.5) is 4.79 Å². The maximum atomic E-state index is 13.4. The summed E-state index contributed by atoms with van der Waals surface area (Å²) >= 11 is 0. The van der Waals surface area contributed by atoms with Crippen molar-refractivity contribution in [2.75, 3.05) is 13.1 Å². The highest BCUT2D eigenvalue weighted by molar-refractivity contribution is 7.89. The monoisotopic (exact) mass is 495 g/mol. The number of likely N-dealkylation sites (tertiary alicyclic amines) is 1. The van der Waals surface area contributed by atoms with Crippen LogP contribution in [-0.2, 0) is 16.6 Å². The van der Waals surface area contributed by atoms with Crippen molar-refractivity contribution in [2.45, 2.75) is 31.2 Å². The molecule has 1 aliphatic heterocycles. The predicted molar refractivity (Wildman–Crippen MR) is 134 cm³/mol. The molecule has 0 saturated carbocycles. The van der Waals surface area contributed by atoms with Crippen molar-refractivity contribution in [1.82, 2.24) is 14.7 Å². The average Bonchev–Trinajstić information content (AvgIpc) is 2.87. The number of hydrogen-bond donors (Lipinski definition) is 3. The van der Waals surface area contributed by atoms with Crippen LogP contribution in [0.2, 0.25) is 0 Å². The van der Waals surface area contributed by atoms with Crippen molar-refractivity contribution in [1.29, 1.82) is 0 Å². The lowest BCUT2D eigenvalue weighted by molar-refractivity contribution is 0.124. The Morgan fingerprint density at radius 1 is 1.09 bits per heavy atom. The maximum absolute atomic E-state index is 13.4. The van der Waals surface area contributed by atoms with E-state index in [1.165, 1.54) is 6.07 Å². The Hall–Kier alpha value is -3.63. The second-order valence-corrected chi connectivity index (χ2v) is 10.5. The van der Waals surface area contributed by atoms with Crippen LogP contribution in [0.1, 0.15) is 30.9 Å². The quantitative estimate of drug-likeness (QED) is 0.209. The topological polar surface area (TPSA) is 128 Å². The van der Waals surface area contributed by atoms with E-state index in [0.29, 0.717) is 30.1 Å². The van der Waals surface area contributed by atoms with Crippen LogP contribution in [0, 0.1) is 5.92 Å². The number of nitrogens with zero attached hydrogens (tertiary/aromatic N) is 3. The summed E-state index contributed by atoms with van der Waals surface area (Å²) in [5.74, 6) is 0.436. The van der Waals surface area contributed by atoms with Gasteiger partial charge in [-0.2, -0.15) is 0 Å². The van der Waals surface area contributed by atoms with E-state index in [9.17, 15) is 13.2 Å². The fourth-order valence-corrected chi connectivity index (χ4v) is 5.18. The predicted octanol–water partition coefficient (Wildman–Crippen LogP) is 3.48. The van der Waals surface area contributed by atoms with Gasteiger partial charge in [0, 0.05) is 18.7 Å². The van der Waals surface area contributed by atoms with E-state index >= 15 is 0 Å². The molecule has 2 amide bonds. The molecule has 1 fully saturated rings. The molecule has 10 heteroatoms. The van der Waals surface area contributed by atoms with Crippen LogP contribution < -0.4 is 10.6 Å². The molecule has 0 unspecified atom stereocenters. The molecule has 0 atom stereocenters. The largest absolute Gasteiger partial charge is 0.409 e. The lowest BCUT2D eigenvalue weighted by Crippen LogP contribution is -2.53. The number of nitrogens with one attached hydrogen (secondary N) is 1. The summed E-state index contributed by atoms with van der Waals surface area (Å²) in [6, 6.07) is 18.7. The molecule has 184 valence electrons. The van der Waals surface area contributed by atoms with Gasteiger partial charge in [0.15, 0.2) is 5.84 Å². The molecule has 4 N–H and O–H groups in total. The number of amidine groups is 1. The Labute approximate surface area is 204 Å². The number of fused-ring (bicyclic) bond motifs is 1. The number of carbonyl (C=O) groups excluding carboxylic acids is 1. The lowest BCUT2D eigenvalue weighted by Gasteiger charge is -2.34. The minimum Gasteiger partial charge on any atom is -0.409 e. The first-order valence-electron chi connectivity index (χ1n) is 11.4. The van der Waals surface area contributed by atoms with Gasteiger partial charge >= 0.3 is 6.03 Å². The van der Waals surface area contributed by atoms with E-state index in [4.69, 9.17) is 10.9 Å². The normalized spacial score (nSPS) is 15.3. The van der Waals surface area contributed by atoms with E-state index in [1.54, 1.807) is 41.3 Å². The number of oxime groups is 1. The van der Waals surface area contributed by atoms with Gasteiger partial charge in [0.2, 0.25) is 0 Å². The number of nitrogens with two attached hydrogens (primary N) is 1. The minimum absolute atomic E-state index is 0.0375. The summed E-state index contributed by atoms with van der Waals surface area (Å²) in [5, 5.41) is 14.8. The number of piperidine rings is 1. The van der Waals surface area contributed by atoms with Crippen molar-refractivity contribution in [3.8, 4) is 0 Å². The Morgan fingerprint density at radius 3 is 2.51 bits per heavy atom. The summed E-state index contributed by atoms with van der Waals surface area (Å²) in [6.07, 6.45) is 1.71. The summed E-state index contributed by atoms with van der Waals surface area (Å²) in [6.45, 7) is 3.21. The molecule has 1 aliphatic rings. The molecule has 0 aliphatic carbocycles. The summed E-state index contributed by atoms with van der Waals surface area (Å²) in [4.78, 5) is 17.7. The molecule has 4 rings (SSSR count). The molecule has 3 aromatic rings. The number of hydrazine groups is 1. The molecule has 0 spiro atoms. The highest BCUT2D eigenvalue weighted by atomic mass is 32.2. The van der Waals surface area contributed by atoms with Crippen LogP contribution in [0.15, 0.2) is 76.8 Å². The van der Waals surface area contributed by atoms with Crippen molar-refractivity contribution in [2.24, 2.45) is 16.8 Å². The van der Waals surface area contributed by atoms with Gasteiger partial charge in [0.25, 0.3) is 10.0 Å². The Balaban J connectivity index is 1.64. The van der Waals surface area contributed by atoms with Gasteiger partial charge < -0.3 is 15.8 Å². The zero-order valence-electron chi connectivity index (χ0n) is 19.5. The van der Waals surface area contributed by atoms with E-state index in [0.717, 1.165) is 28.6 Å². The third-order valence-electron chi connectivity index (χ3n) is 6.22. The van der Waals surface area contributed by atoms with Gasteiger partial charge in [0.1, 0.15) is 0 Å². The number of amides is 2. The third-order valence-corrected chi connectivity index (χ3v) is 7.55. The molecule has 1 saturated heterocycles. The Bertz CT molecular complexity index is 1350. The van der Waals surface area contributed by atoms with E-state index in [2.05, 4.69) is 16.9 Å². The van der Waals surface area contributed by atoms with Crippen molar-refractivity contribution >= 4 is 32.7 Å². The first kappa shape index (κ1) is 24.5. The van der Waals surface area contributed by atoms with Gasteiger partial charge in [-0.3, -0.25) is 0 Å². The first-order chi connectivity index (χ1) is 16.8. The molecule has 3 aromatic carbocycles. The Kier molecular flexibility index (Phi) is 7.23. The van der Waals surface area contributed by atoms with Gasteiger partial charge in [-0.05, 0) is 53.3 Å². The molecule has 1 heterocycles. The molecule has 0 bridgehead atoms. The molecule has 0 aromatic heterocycles. The van der Waals surface area contributed by atoms with Crippen molar-refractivity contribution in [3.05, 3.63) is 77.9 Å². The molecular weight excluding hydrogens is 466 g/mol. The lowest BCUT2D eigenvalue weighted by atomic mass is 10.00. The fraction of sp³-hybridized carbons (Fsp3) is 0.280.